The van der Waals surface area contributed by atoms with Gasteiger partial charge in [0, 0.05) is 51.6 Å². The molecule has 1 N–H and O–H groups in total. The Morgan fingerprint density at radius 1 is 1.47 bits per heavy atom. The van der Waals surface area contributed by atoms with Crippen molar-refractivity contribution < 1.29 is 37.8 Å². The molecular weight excluding hydrogens is 289 g/mol. The first kappa shape index (κ1) is 15.1. The molecule has 0 unspecified atom stereocenters. The van der Waals surface area contributed by atoms with Gasteiger partial charge in [0.05, 0.1) is 5.60 Å². The van der Waals surface area contributed by atoms with Crippen LogP contribution in [0.4, 0.5) is 5.82 Å². The van der Waals surface area contributed by atoms with E-state index in [1.807, 2.05) is 19.2 Å². The molecule has 1 fully saturated rings. The van der Waals surface area contributed by atoms with Gasteiger partial charge in [-0.2, -0.15) is 6.07 Å². The van der Waals surface area contributed by atoms with Crippen molar-refractivity contribution in [2.75, 3.05) is 18.0 Å². The SMILES string of the molecule is CCc1[c-]cc(N2CCC(C)(O)CC2)nc1.[Y]. The summed E-state index contributed by atoms with van der Waals surface area (Å²) in [6.45, 7) is 5.76. The van der Waals surface area contributed by atoms with Crippen molar-refractivity contribution in [1.82, 2.24) is 4.98 Å². The Bertz CT molecular complexity index is 341. The van der Waals surface area contributed by atoms with E-state index in [-0.39, 0.29) is 32.7 Å². The summed E-state index contributed by atoms with van der Waals surface area (Å²) in [6, 6.07) is 5.20. The molecule has 0 bridgehead atoms. The molecule has 1 saturated heterocycles. The van der Waals surface area contributed by atoms with Crippen LogP contribution in [-0.2, 0) is 39.1 Å². The third-order valence-corrected chi connectivity index (χ3v) is 3.28. The topological polar surface area (TPSA) is 36.4 Å². The van der Waals surface area contributed by atoms with Crippen LogP contribution in [0.1, 0.15) is 32.3 Å². The van der Waals surface area contributed by atoms with Crippen molar-refractivity contribution in [2.24, 2.45) is 0 Å². The molecule has 17 heavy (non-hydrogen) atoms. The Morgan fingerprint density at radius 2 is 2.12 bits per heavy atom. The van der Waals surface area contributed by atoms with Crippen molar-refractivity contribution in [3.05, 3.63) is 23.9 Å². The number of hydrogen-bond acceptors (Lipinski definition) is 3. The monoisotopic (exact) mass is 308 g/mol. The largest absolute Gasteiger partial charge is 0.409 e. The zero-order chi connectivity index (χ0) is 11.6. The van der Waals surface area contributed by atoms with E-state index in [0.29, 0.717) is 0 Å². The summed E-state index contributed by atoms with van der Waals surface area (Å²) in [5.74, 6) is 0.979. The zero-order valence-corrected chi connectivity index (χ0v) is 13.4. The Morgan fingerprint density at radius 3 is 2.59 bits per heavy atom. The van der Waals surface area contributed by atoms with E-state index in [1.54, 1.807) is 0 Å². The molecule has 0 saturated carbocycles. The Kier molecular flexibility index (Phi) is 5.55. The first-order valence-corrected chi connectivity index (χ1v) is 5.95. The molecule has 0 spiro atoms. The maximum atomic E-state index is 9.87. The minimum atomic E-state index is -0.496. The maximum absolute atomic E-state index is 9.87. The van der Waals surface area contributed by atoms with Crippen LogP contribution in [0.3, 0.4) is 0 Å². The van der Waals surface area contributed by atoms with E-state index in [4.69, 9.17) is 0 Å². The number of hydrogen-bond donors (Lipinski definition) is 1. The summed E-state index contributed by atoms with van der Waals surface area (Å²) in [5.41, 5.74) is 0.650. The van der Waals surface area contributed by atoms with E-state index < -0.39 is 5.60 Å². The van der Waals surface area contributed by atoms with Crippen molar-refractivity contribution in [1.29, 1.82) is 0 Å². The summed E-state index contributed by atoms with van der Waals surface area (Å²) in [6.07, 6.45) is 4.48. The summed E-state index contributed by atoms with van der Waals surface area (Å²) in [4.78, 5) is 6.65. The van der Waals surface area contributed by atoms with Gasteiger partial charge in [-0.15, -0.1) is 11.6 Å². The zero-order valence-electron chi connectivity index (χ0n) is 10.6. The second kappa shape index (κ2) is 6.26. The fourth-order valence-corrected chi connectivity index (χ4v) is 1.96. The first-order chi connectivity index (χ1) is 7.61. The molecule has 0 amide bonds. The molecule has 91 valence electrons. The quantitative estimate of drug-likeness (QED) is 0.846. The molecule has 1 aromatic rings. The van der Waals surface area contributed by atoms with Crippen LogP contribution in [0.25, 0.3) is 0 Å². The van der Waals surface area contributed by atoms with Crippen LogP contribution in [0.15, 0.2) is 12.3 Å². The molecule has 0 aliphatic carbocycles. The number of aromatic nitrogens is 1. The summed E-state index contributed by atoms with van der Waals surface area (Å²) in [5, 5.41) is 9.87. The maximum Gasteiger partial charge on any atom is 0.0652 e. The molecule has 1 aliphatic rings. The number of nitrogens with zero attached hydrogens (tertiary/aromatic N) is 2. The molecule has 4 heteroatoms. The third-order valence-electron chi connectivity index (χ3n) is 3.28. The van der Waals surface area contributed by atoms with Crippen LogP contribution in [-0.4, -0.2) is 28.8 Å². The van der Waals surface area contributed by atoms with Crippen molar-refractivity contribution in [2.45, 2.75) is 38.7 Å². The fraction of sp³-hybridized carbons (Fsp3) is 0.615. The second-order valence-corrected chi connectivity index (χ2v) is 4.77. The first-order valence-electron chi connectivity index (χ1n) is 5.95. The minimum absolute atomic E-state index is 0. The molecule has 0 atom stereocenters. The van der Waals surface area contributed by atoms with Gasteiger partial charge < -0.3 is 15.0 Å². The van der Waals surface area contributed by atoms with Crippen LogP contribution in [0.2, 0.25) is 0 Å². The van der Waals surface area contributed by atoms with E-state index in [0.717, 1.165) is 43.7 Å². The number of piperidine rings is 1. The number of rotatable bonds is 2. The average Bonchev–Trinajstić information content (AvgIpc) is 2.29. The van der Waals surface area contributed by atoms with Gasteiger partial charge in [-0.05, 0) is 19.8 Å². The molecule has 3 nitrogen and oxygen atoms in total. The van der Waals surface area contributed by atoms with Gasteiger partial charge in [0.25, 0.3) is 0 Å². The van der Waals surface area contributed by atoms with Gasteiger partial charge in [0.1, 0.15) is 0 Å². The van der Waals surface area contributed by atoms with E-state index in [1.165, 1.54) is 0 Å². The number of aryl methyl sites for hydroxylation is 1. The van der Waals surface area contributed by atoms with Crippen molar-refractivity contribution in [3.8, 4) is 0 Å². The molecule has 2 rings (SSSR count). The molecule has 1 aromatic heterocycles. The molecule has 2 heterocycles. The minimum Gasteiger partial charge on any atom is -0.409 e. The Hall–Kier alpha value is 0.0139. The molecule has 1 radical (unpaired) electrons. The Labute approximate surface area is 129 Å². The van der Waals surface area contributed by atoms with Crippen LogP contribution >= 0.6 is 0 Å². The van der Waals surface area contributed by atoms with Gasteiger partial charge in [-0.3, -0.25) is 0 Å². The van der Waals surface area contributed by atoms with Crippen LogP contribution < -0.4 is 4.90 Å². The second-order valence-electron chi connectivity index (χ2n) is 4.77. The standard InChI is InChI=1S/C13H19N2O.Y/c1-3-11-4-5-12(14-10-11)15-8-6-13(2,16)7-9-15;/h5,10,16H,3,6-9H2,1-2H3;/q-1;. The Balaban J connectivity index is 0.00000144. The molecular formula is C13H19N2OY-. The summed E-state index contributed by atoms with van der Waals surface area (Å²) < 4.78 is 0. The summed E-state index contributed by atoms with van der Waals surface area (Å²) in [7, 11) is 0. The van der Waals surface area contributed by atoms with E-state index >= 15 is 0 Å². The van der Waals surface area contributed by atoms with Gasteiger partial charge in [-0.1, -0.05) is 19.5 Å². The van der Waals surface area contributed by atoms with Crippen molar-refractivity contribution >= 4 is 5.82 Å². The van der Waals surface area contributed by atoms with Crippen molar-refractivity contribution in [3.63, 3.8) is 0 Å². The van der Waals surface area contributed by atoms with Gasteiger partial charge >= 0.3 is 0 Å². The van der Waals surface area contributed by atoms with Crippen LogP contribution in [0.5, 0.6) is 0 Å². The normalized spacial score (nSPS) is 18.6. The average molecular weight is 308 g/mol. The predicted octanol–water partition coefficient (Wildman–Crippen LogP) is 1.79. The van der Waals surface area contributed by atoms with Gasteiger partial charge in [0.2, 0.25) is 0 Å². The van der Waals surface area contributed by atoms with Crippen LogP contribution in [0, 0.1) is 6.07 Å². The number of pyridine rings is 1. The molecule has 0 aromatic carbocycles. The van der Waals surface area contributed by atoms with E-state index in [9.17, 15) is 5.11 Å². The fourth-order valence-electron chi connectivity index (χ4n) is 1.96. The predicted molar refractivity (Wildman–Crippen MR) is 64.5 cm³/mol. The smallest absolute Gasteiger partial charge is 0.0652 e. The summed E-state index contributed by atoms with van der Waals surface area (Å²) >= 11 is 0. The van der Waals surface area contributed by atoms with Gasteiger partial charge in [-0.25, -0.2) is 0 Å². The number of anilines is 1. The number of aliphatic hydroxyl groups is 1. The molecule has 1 aliphatic heterocycles. The van der Waals surface area contributed by atoms with Gasteiger partial charge in [0.15, 0.2) is 0 Å². The van der Waals surface area contributed by atoms with E-state index in [2.05, 4.69) is 22.9 Å². The third kappa shape index (κ3) is 4.01.